The molecule has 0 amide bonds. The molecule has 21 heavy (non-hydrogen) atoms. The van der Waals surface area contributed by atoms with E-state index in [2.05, 4.69) is 4.74 Å². The number of thioether (sulfide) groups is 2. The highest BCUT2D eigenvalue weighted by Gasteiger charge is 2.12. The lowest BCUT2D eigenvalue weighted by atomic mass is 10.2. The Morgan fingerprint density at radius 2 is 1.29 bits per heavy atom. The SMILES string of the molecule is CC(C)C(=O)O.CSC(=O)Cl.CSC(=O)OC(=O)C(C)C. The van der Waals surface area contributed by atoms with Gasteiger partial charge in [0.05, 0.1) is 11.8 Å². The lowest BCUT2D eigenvalue weighted by Gasteiger charge is -2.01. The monoisotopic (exact) mass is 360 g/mol. The summed E-state index contributed by atoms with van der Waals surface area (Å²) in [6, 6.07) is 0. The molecule has 0 heterocycles. The minimum absolute atomic E-state index is 0.231. The summed E-state index contributed by atoms with van der Waals surface area (Å²) in [4.78, 5) is 40.3. The molecular formula is C12H21ClO6S2. The van der Waals surface area contributed by atoms with Gasteiger partial charge in [0.25, 0.3) is 4.57 Å². The van der Waals surface area contributed by atoms with Gasteiger partial charge in [-0.3, -0.25) is 14.4 Å². The molecule has 0 aromatic heterocycles. The molecule has 124 valence electrons. The summed E-state index contributed by atoms with van der Waals surface area (Å²) in [7, 11) is 0. The topological polar surface area (TPSA) is 97.7 Å². The van der Waals surface area contributed by atoms with Gasteiger partial charge in [0.15, 0.2) is 0 Å². The van der Waals surface area contributed by atoms with Gasteiger partial charge in [-0.15, -0.1) is 0 Å². The summed E-state index contributed by atoms with van der Waals surface area (Å²) >= 11 is 6.68. The van der Waals surface area contributed by atoms with E-state index in [1.165, 1.54) is 0 Å². The van der Waals surface area contributed by atoms with Crippen LogP contribution in [0.25, 0.3) is 0 Å². The van der Waals surface area contributed by atoms with Gasteiger partial charge in [0.2, 0.25) is 0 Å². The van der Waals surface area contributed by atoms with Crippen LogP contribution in [0.3, 0.4) is 0 Å². The molecule has 0 bridgehead atoms. The third-order valence-corrected chi connectivity index (χ3v) is 2.68. The Morgan fingerprint density at radius 3 is 1.43 bits per heavy atom. The highest BCUT2D eigenvalue weighted by Crippen LogP contribution is 2.03. The average Bonchev–Trinajstić information content (AvgIpc) is 2.39. The second-order valence-corrected chi connectivity index (χ2v) is 6.05. The normalized spacial score (nSPS) is 9.00. The fourth-order valence-electron chi connectivity index (χ4n) is 0.242. The molecule has 0 unspecified atom stereocenters. The summed E-state index contributed by atoms with van der Waals surface area (Å²) in [6.45, 7) is 6.64. The second-order valence-electron chi connectivity index (χ2n) is 3.96. The number of carbonyl (C=O) groups excluding carboxylic acids is 3. The molecule has 0 rings (SSSR count). The number of esters is 1. The molecule has 0 aromatic carbocycles. The van der Waals surface area contributed by atoms with Crippen molar-refractivity contribution in [2.24, 2.45) is 11.8 Å². The van der Waals surface area contributed by atoms with Gasteiger partial charge in [-0.2, -0.15) is 0 Å². The van der Waals surface area contributed by atoms with Crippen LogP contribution in [-0.4, -0.2) is 39.4 Å². The van der Waals surface area contributed by atoms with Crippen LogP contribution in [0, 0.1) is 11.8 Å². The van der Waals surface area contributed by atoms with Gasteiger partial charge in [-0.1, -0.05) is 39.5 Å². The largest absolute Gasteiger partial charge is 0.481 e. The molecule has 0 radical (unpaired) electrons. The molecule has 0 aliphatic rings. The van der Waals surface area contributed by atoms with Crippen molar-refractivity contribution < 1.29 is 29.0 Å². The van der Waals surface area contributed by atoms with Gasteiger partial charge in [0.1, 0.15) is 0 Å². The molecule has 0 saturated heterocycles. The van der Waals surface area contributed by atoms with E-state index in [1.54, 1.807) is 40.2 Å². The van der Waals surface area contributed by atoms with Crippen LogP contribution >= 0.6 is 35.1 Å². The highest BCUT2D eigenvalue weighted by atomic mass is 35.5. The predicted octanol–water partition coefficient (Wildman–Crippen LogP) is 4.10. The Morgan fingerprint density at radius 1 is 0.952 bits per heavy atom. The minimum atomic E-state index is -0.741. The number of carbonyl (C=O) groups is 4. The number of ether oxygens (including phenoxy) is 1. The Labute approximate surface area is 138 Å². The van der Waals surface area contributed by atoms with E-state index >= 15 is 0 Å². The molecule has 0 aliphatic carbocycles. The molecule has 1 N–H and O–H groups in total. The van der Waals surface area contributed by atoms with Crippen LogP contribution < -0.4 is 0 Å². The molecule has 0 fully saturated rings. The van der Waals surface area contributed by atoms with E-state index in [0.29, 0.717) is 0 Å². The van der Waals surface area contributed by atoms with Crippen molar-refractivity contribution in [1.29, 1.82) is 0 Å². The summed E-state index contributed by atoms with van der Waals surface area (Å²) in [5.41, 5.74) is 0. The van der Waals surface area contributed by atoms with Crippen molar-refractivity contribution in [2.75, 3.05) is 12.5 Å². The minimum Gasteiger partial charge on any atom is -0.481 e. The first-order valence-corrected chi connectivity index (χ1v) is 8.58. The van der Waals surface area contributed by atoms with Crippen LogP contribution in [0.15, 0.2) is 0 Å². The fourth-order valence-corrected chi connectivity index (χ4v) is 0.407. The first kappa shape index (κ1) is 25.2. The maximum absolute atomic E-state index is 10.7. The lowest BCUT2D eigenvalue weighted by molar-refractivity contribution is -0.141. The van der Waals surface area contributed by atoms with E-state index in [-0.39, 0.29) is 16.4 Å². The van der Waals surface area contributed by atoms with E-state index in [0.717, 1.165) is 23.5 Å². The number of carboxylic acids is 1. The second kappa shape index (κ2) is 15.7. The third-order valence-electron chi connectivity index (χ3n) is 1.48. The third kappa shape index (κ3) is 24.6. The zero-order valence-corrected chi connectivity index (χ0v) is 15.2. The molecule has 9 heteroatoms. The summed E-state index contributed by atoms with van der Waals surface area (Å²) in [5.74, 6) is -1.68. The Balaban J connectivity index is -0.000000252. The molecule has 0 aliphatic heterocycles. The number of rotatable bonds is 2. The van der Waals surface area contributed by atoms with Crippen LogP contribution in [0.4, 0.5) is 9.59 Å². The maximum atomic E-state index is 10.7. The van der Waals surface area contributed by atoms with Crippen molar-refractivity contribution in [1.82, 2.24) is 0 Å². The van der Waals surface area contributed by atoms with Crippen molar-refractivity contribution in [3.63, 3.8) is 0 Å². The summed E-state index contributed by atoms with van der Waals surface area (Å²) < 4.78 is 3.99. The number of hydrogen-bond donors (Lipinski definition) is 1. The van der Waals surface area contributed by atoms with Crippen molar-refractivity contribution in [3.8, 4) is 0 Å². The van der Waals surface area contributed by atoms with Crippen molar-refractivity contribution >= 4 is 56.9 Å². The molecule has 0 saturated carbocycles. The smallest absolute Gasteiger partial charge is 0.374 e. The molecule has 6 nitrogen and oxygen atoms in total. The zero-order valence-electron chi connectivity index (χ0n) is 12.8. The number of hydrogen-bond acceptors (Lipinski definition) is 7. The number of halogens is 1. The Hall–Kier alpha value is -0.730. The van der Waals surface area contributed by atoms with Gasteiger partial charge in [-0.05, 0) is 35.9 Å². The van der Waals surface area contributed by atoms with E-state index in [9.17, 15) is 19.2 Å². The molecule has 0 spiro atoms. The summed E-state index contributed by atoms with van der Waals surface area (Å²) in [5, 5.41) is 7.45. The van der Waals surface area contributed by atoms with Crippen LogP contribution in [0.1, 0.15) is 27.7 Å². The van der Waals surface area contributed by atoms with Crippen LogP contribution in [0.2, 0.25) is 0 Å². The highest BCUT2D eigenvalue weighted by molar-refractivity contribution is 8.15. The maximum Gasteiger partial charge on any atom is 0.374 e. The van der Waals surface area contributed by atoms with E-state index in [4.69, 9.17) is 16.7 Å². The molecule has 0 atom stereocenters. The molecule has 0 aromatic rings. The van der Waals surface area contributed by atoms with E-state index < -0.39 is 17.2 Å². The van der Waals surface area contributed by atoms with Crippen LogP contribution in [-0.2, 0) is 14.3 Å². The molecular weight excluding hydrogens is 340 g/mol. The van der Waals surface area contributed by atoms with Gasteiger partial charge >= 0.3 is 17.2 Å². The Kier molecular flexibility index (Phi) is 18.8. The summed E-state index contributed by atoms with van der Waals surface area (Å²) in [6.07, 6.45) is 3.20. The van der Waals surface area contributed by atoms with Gasteiger partial charge in [-0.25, -0.2) is 4.79 Å². The fraction of sp³-hybridized carbons (Fsp3) is 0.667. The first-order chi connectivity index (χ1) is 9.49. The van der Waals surface area contributed by atoms with Crippen LogP contribution in [0.5, 0.6) is 0 Å². The van der Waals surface area contributed by atoms with E-state index in [1.807, 2.05) is 0 Å². The van der Waals surface area contributed by atoms with Crippen molar-refractivity contribution in [3.05, 3.63) is 0 Å². The number of carboxylic acid groups (broad SMARTS) is 1. The quantitative estimate of drug-likeness (QED) is 0.446. The average molecular weight is 361 g/mol. The van der Waals surface area contributed by atoms with Gasteiger partial charge in [0, 0.05) is 0 Å². The number of aliphatic carboxylic acids is 1. The predicted molar refractivity (Wildman–Crippen MR) is 87.1 cm³/mol. The lowest BCUT2D eigenvalue weighted by Crippen LogP contribution is -2.13. The van der Waals surface area contributed by atoms with Crippen molar-refractivity contribution in [2.45, 2.75) is 27.7 Å². The first-order valence-electron chi connectivity index (χ1n) is 5.75. The van der Waals surface area contributed by atoms with Gasteiger partial charge < -0.3 is 9.84 Å². The zero-order chi connectivity index (χ0) is 17.6. The Bertz CT molecular complexity index is 345. The standard InChI is InChI=1S/C6H10O3S.C4H8O2.C2H3ClOS/c1-4(2)5(7)9-6(8)10-3;1-3(2)4(5)6;1-5-2(3)4/h4H,1-3H3;3H,1-2H3,(H,5,6);1H3.